The predicted molar refractivity (Wildman–Crippen MR) is 113 cm³/mol. The lowest BCUT2D eigenvalue weighted by Gasteiger charge is -2.14. The van der Waals surface area contributed by atoms with Crippen molar-refractivity contribution in [3.63, 3.8) is 0 Å². The molecule has 0 unspecified atom stereocenters. The quantitative estimate of drug-likeness (QED) is 0.349. The van der Waals surface area contributed by atoms with Crippen molar-refractivity contribution in [3.8, 4) is 0 Å². The minimum Gasteiger partial charge on any atom is -0.394 e. The van der Waals surface area contributed by atoms with E-state index < -0.39 is 10.0 Å². The molecule has 3 N–H and O–H groups in total. The van der Waals surface area contributed by atoms with Crippen molar-refractivity contribution in [2.45, 2.75) is 28.8 Å². The number of aliphatic hydroxyl groups excluding tert-OH is 1. The maximum Gasteiger partial charge on any atom is 0.263 e. The second-order valence-electron chi connectivity index (χ2n) is 5.99. The van der Waals surface area contributed by atoms with Crippen molar-refractivity contribution in [2.75, 3.05) is 16.6 Å². The number of nitrogens with zero attached hydrogens (tertiary/aromatic N) is 2. The highest BCUT2D eigenvalue weighted by atomic mass is 32.2. The summed E-state index contributed by atoms with van der Waals surface area (Å²) in [5.41, 5.74) is 1.11. The Kier molecular flexibility index (Phi) is 6.89. The molecule has 0 amide bonds. The van der Waals surface area contributed by atoms with Crippen LogP contribution in [0, 0.1) is 0 Å². The Morgan fingerprint density at radius 1 is 1.18 bits per heavy atom. The lowest BCUT2D eigenvalue weighted by Crippen LogP contribution is -2.21. The van der Waals surface area contributed by atoms with E-state index in [1.165, 1.54) is 35.2 Å². The Labute approximate surface area is 172 Å². The molecule has 0 saturated carbocycles. The topological polar surface area (TPSA) is 104 Å². The van der Waals surface area contributed by atoms with Gasteiger partial charge < -0.3 is 10.4 Å². The van der Waals surface area contributed by atoms with Crippen molar-refractivity contribution in [3.05, 3.63) is 58.8 Å². The van der Waals surface area contributed by atoms with Crippen LogP contribution in [0.25, 0.3) is 0 Å². The van der Waals surface area contributed by atoms with Crippen LogP contribution in [0.15, 0.2) is 63.3 Å². The van der Waals surface area contributed by atoms with Crippen LogP contribution in [-0.2, 0) is 15.8 Å². The summed E-state index contributed by atoms with van der Waals surface area (Å²) in [7, 11) is -3.72. The van der Waals surface area contributed by atoms with Crippen LogP contribution in [-0.4, -0.2) is 36.1 Å². The van der Waals surface area contributed by atoms with E-state index in [2.05, 4.69) is 20.0 Å². The number of hydrogen-bond donors (Lipinski definition) is 3. The number of nitrogens with one attached hydrogen (secondary N) is 2. The van der Waals surface area contributed by atoms with E-state index in [0.717, 1.165) is 5.56 Å². The summed E-state index contributed by atoms with van der Waals surface area (Å²) in [6, 6.07) is 12.7. The van der Waals surface area contributed by atoms with Gasteiger partial charge in [-0.25, -0.2) is 18.4 Å². The number of rotatable bonds is 9. The average molecular weight is 437 g/mol. The van der Waals surface area contributed by atoms with Crippen molar-refractivity contribution in [1.29, 1.82) is 0 Å². The third-order valence-electron chi connectivity index (χ3n) is 3.63. The second-order valence-corrected chi connectivity index (χ2v) is 9.39. The molecule has 0 aliphatic heterocycles. The fourth-order valence-electron chi connectivity index (χ4n) is 2.24. The van der Waals surface area contributed by atoms with E-state index in [1.54, 1.807) is 17.7 Å². The molecule has 0 saturated heterocycles. The van der Waals surface area contributed by atoms with Gasteiger partial charge in [-0.3, -0.25) is 4.72 Å². The number of sulfonamides is 1. The molecule has 0 bridgehead atoms. The molecule has 1 atom stereocenters. The molecule has 1 aromatic carbocycles. The van der Waals surface area contributed by atoms with E-state index in [9.17, 15) is 13.5 Å². The lowest BCUT2D eigenvalue weighted by atomic mass is 10.2. The average Bonchev–Trinajstić information content (AvgIpc) is 3.22. The van der Waals surface area contributed by atoms with Crippen LogP contribution in [0.3, 0.4) is 0 Å². The van der Waals surface area contributed by atoms with E-state index in [4.69, 9.17) is 0 Å². The molecule has 0 fully saturated rings. The summed E-state index contributed by atoms with van der Waals surface area (Å²) >= 11 is 2.71. The predicted octanol–water partition coefficient (Wildman–Crippen LogP) is 3.42. The zero-order valence-corrected chi connectivity index (χ0v) is 17.5. The van der Waals surface area contributed by atoms with Gasteiger partial charge >= 0.3 is 0 Å². The van der Waals surface area contributed by atoms with Crippen LogP contribution in [0.5, 0.6) is 0 Å². The number of thioether (sulfide) groups is 1. The summed E-state index contributed by atoms with van der Waals surface area (Å²) in [6.45, 7) is 1.72. The number of anilines is 2. The lowest BCUT2D eigenvalue weighted by molar-refractivity contribution is 0.281. The number of aliphatic hydroxyl groups is 1. The first-order valence-corrected chi connectivity index (χ1v) is 11.9. The van der Waals surface area contributed by atoms with Crippen LogP contribution >= 0.6 is 23.1 Å². The van der Waals surface area contributed by atoms with E-state index in [1.807, 2.05) is 30.3 Å². The molecule has 3 aromatic rings. The van der Waals surface area contributed by atoms with Crippen LogP contribution in [0.2, 0.25) is 0 Å². The van der Waals surface area contributed by atoms with E-state index >= 15 is 0 Å². The first-order valence-electron chi connectivity index (χ1n) is 8.44. The van der Waals surface area contributed by atoms with Crippen molar-refractivity contribution >= 4 is 44.8 Å². The summed E-state index contributed by atoms with van der Waals surface area (Å²) in [5.74, 6) is 1.26. The molecule has 0 aliphatic carbocycles. The van der Waals surface area contributed by atoms with Gasteiger partial charge in [0.05, 0.1) is 11.5 Å². The third-order valence-corrected chi connectivity index (χ3v) is 6.73. The minimum absolute atomic E-state index is 0.0769. The Morgan fingerprint density at radius 2 is 1.93 bits per heavy atom. The molecule has 3 rings (SSSR count). The highest BCUT2D eigenvalue weighted by Gasteiger charge is 2.17. The van der Waals surface area contributed by atoms with Crippen molar-refractivity contribution < 1.29 is 13.5 Å². The third kappa shape index (κ3) is 5.68. The van der Waals surface area contributed by atoms with Crippen LogP contribution < -0.4 is 10.0 Å². The SMILES string of the molecule is C[C@H](CO)Nc1cc(NS(=O)(=O)c2ccsc2)nc(SCc2ccccc2)n1. The van der Waals surface area contributed by atoms with E-state index in [0.29, 0.717) is 16.7 Å². The Morgan fingerprint density at radius 3 is 2.61 bits per heavy atom. The minimum atomic E-state index is -3.72. The molecular weight excluding hydrogens is 416 g/mol. The monoisotopic (exact) mass is 436 g/mol. The molecule has 2 aromatic heterocycles. The standard InChI is InChI=1S/C18H20N4O3S3/c1-13(10-23)19-16-9-17(22-28(24,25)15-7-8-26-12-15)21-18(20-16)27-11-14-5-3-2-4-6-14/h2-9,12-13,23H,10-11H2,1H3,(H2,19,20,21,22)/t13-/m1/s1. The molecule has 10 heteroatoms. The zero-order chi connectivity index (χ0) is 20.0. The molecule has 0 aliphatic rings. The number of aromatic nitrogens is 2. The Balaban J connectivity index is 1.84. The van der Waals surface area contributed by atoms with Crippen molar-refractivity contribution in [1.82, 2.24) is 9.97 Å². The molecular formula is C18H20N4O3S3. The summed E-state index contributed by atoms with van der Waals surface area (Å²) < 4.78 is 27.5. The molecule has 28 heavy (non-hydrogen) atoms. The highest BCUT2D eigenvalue weighted by molar-refractivity contribution is 7.98. The first kappa shape index (κ1) is 20.6. The molecule has 148 valence electrons. The van der Waals surface area contributed by atoms with Gasteiger partial charge in [-0.05, 0) is 23.9 Å². The van der Waals surface area contributed by atoms with Crippen LogP contribution in [0.1, 0.15) is 12.5 Å². The summed E-state index contributed by atoms with van der Waals surface area (Å²) in [5, 5.41) is 16.0. The van der Waals surface area contributed by atoms with Crippen LogP contribution in [0.4, 0.5) is 11.6 Å². The maximum absolute atomic E-state index is 12.5. The second kappa shape index (κ2) is 9.37. The van der Waals surface area contributed by atoms with Gasteiger partial charge in [0.15, 0.2) is 5.16 Å². The zero-order valence-electron chi connectivity index (χ0n) is 15.1. The fraction of sp³-hybridized carbons (Fsp3) is 0.222. The molecule has 7 nitrogen and oxygen atoms in total. The number of hydrogen-bond acceptors (Lipinski definition) is 8. The van der Waals surface area contributed by atoms with Gasteiger partial charge in [-0.15, -0.1) is 0 Å². The fourth-order valence-corrected chi connectivity index (χ4v) is 5.07. The van der Waals surface area contributed by atoms with Gasteiger partial charge in [0.1, 0.15) is 11.6 Å². The maximum atomic E-state index is 12.5. The smallest absolute Gasteiger partial charge is 0.263 e. The van der Waals surface area contributed by atoms with Gasteiger partial charge in [-0.1, -0.05) is 42.1 Å². The molecule has 0 radical (unpaired) electrons. The normalized spacial score (nSPS) is 12.5. The van der Waals surface area contributed by atoms with Crippen molar-refractivity contribution in [2.24, 2.45) is 0 Å². The highest BCUT2D eigenvalue weighted by Crippen LogP contribution is 2.25. The Bertz CT molecular complexity index is 996. The summed E-state index contributed by atoms with van der Waals surface area (Å²) in [6.07, 6.45) is 0. The largest absolute Gasteiger partial charge is 0.394 e. The molecule has 0 spiro atoms. The summed E-state index contributed by atoms with van der Waals surface area (Å²) in [4.78, 5) is 8.95. The van der Waals surface area contributed by atoms with Gasteiger partial charge in [0.25, 0.3) is 10.0 Å². The van der Waals surface area contributed by atoms with Gasteiger partial charge in [-0.2, -0.15) is 11.3 Å². The number of benzene rings is 1. The number of thiophene rings is 1. The molecule has 2 heterocycles. The van der Waals surface area contributed by atoms with E-state index in [-0.39, 0.29) is 23.4 Å². The van der Waals surface area contributed by atoms with Gasteiger partial charge in [0.2, 0.25) is 0 Å². The Hall–Kier alpha value is -2.14. The first-order chi connectivity index (χ1) is 13.5. The van der Waals surface area contributed by atoms with Gasteiger partial charge in [0, 0.05) is 23.2 Å².